The van der Waals surface area contributed by atoms with E-state index in [9.17, 15) is 18.0 Å². The van der Waals surface area contributed by atoms with Gasteiger partial charge in [0.1, 0.15) is 18.1 Å². The molecule has 2 N–H and O–H groups in total. The zero-order valence-corrected chi connectivity index (χ0v) is 22.7. The van der Waals surface area contributed by atoms with Crippen LogP contribution in [0.1, 0.15) is 25.3 Å². The molecule has 1 aromatic heterocycles. The molecular formula is C29H34F3N5O3. The highest BCUT2D eigenvalue weighted by Crippen LogP contribution is 2.33. The van der Waals surface area contributed by atoms with Gasteiger partial charge in [-0.05, 0) is 80.9 Å². The van der Waals surface area contributed by atoms with Crippen LogP contribution in [-0.2, 0) is 9.53 Å². The Bertz CT molecular complexity index is 1280. The number of hydrogen-bond acceptors (Lipinski definition) is 7. The number of hydrogen-bond donors (Lipinski definition) is 2. The lowest BCUT2D eigenvalue weighted by Gasteiger charge is -2.28. The van der Waals surface area contributed by atoms with Gasteiger partial charge in [-0.1, -0.05) is 12.1 Å². The number of alkyl halides is 3. The van der Waals surface area contributed by atoms with Gasteiger partial charge in [-0.2, -0.15) is 18.2 Å². The Kier molecular flexibility index (Phi) is 9.59. The first-order chi connectivity index (χ1) is 19.2. The van der Waals surface area contributed by atoms with Crippen LogP contribution in [0.5, 0.6) is 5.88 Å². The van der Waals surface area contributed by atoms with Gasteiger partial charge in [-0.3, -0.25) is 9.79 Å². The van der Waals surface area contributed by atoms with Crippen molar-refractivity contribution in [1.82, 2.24) is 10.3 Å². The van der Waals surface area contributed by atoms with E-state index in [4.69, 9.17) is 14.5 Å². The zero-order chi connectivity index (χ0) is 28.7. The van der Waals surface area contributed by atoms with Gasteiger partial charge in [0.05, 0.1) is 18.8 Å². The maximum absolute atomic E-state index is 13.2. The molecule has 0 bridgehead atoms. The molecule has 2 aromatic rings. The summed E-state index contributed by atoms with van der Waals surface area (Å²) in [7, 11) is 0. The van der Waals surface area contributed by atoms with Gasteiger partial charge < -0.3 is 25.0 Å². The van der Waals surface area contributed by atoms with Gasteiger partial charge >= 0.3 is 6.18 Å². The molecule has 0 radical (unpaired) electrons. The van der Waals surface area contributed by atoms with Crippen LogP contribution in [-0.4, -0.2) is 69.3 Å². The van der Waals surface area contributed by atoms with Gasteiger partial charge in [-0.15, -0.1) is 0 Å². The van der Waals surface area contributed by atoms with Crippen LogP contribution in [0.25, 0.3) is 11.1 Å². The van der Waals surface area contributed by atoms with Gasteiger partial charge in [0.15, 0.2) is 0 Å². The summed E-state index contributed by atoms with van der Waals surface area (Å²) in [6.07, 6.45) is -0.901. The Labute approximate surface area is 232 Å². The monoisotopic (exact) mass is 557 g/mol. The molecule has 0 aliphatic carbocycles. The lowest BCUT2D eigenvalue weighted by molar-refractivity contribution is -0.112. The Morgan fingerprint density at radius 3 is 2.73 bits per heavy atom. The number of pyridine rings is 1. The summed E-state index contributed by atoms with van der Waals surface area (Å²) in [5, 5.41) is 6.07. The Balaban J connectivity index is 1.63. The average Bonchev–Trinajstić information content (AvgIpc) is 3.47. The summed E-state index contributed by atoms with van der Waals surface area (Å²) in [5.74, 6) is 0.454. The predicted octanol–water partition coefficient (Wildman–Crippen LogP) is 5.06. The number of ether oxygens (including phenoxy) is 2. The molecule has 3 heterocycles. The van der Waals surface area contributed by atoms with E-state index < -0.39 is 23.4 Å². The van der Waals surface area contributed by atoms with Crippen LogP contribution in [0, 0.1) is 6.92 Å². The fourth-order valence-electron chi connectivity index (χ4n) is 4.63. The predicted molar refractivity (Wildman–Crippen MR) is 150 cm³/mol. The summed E-state index contributed by atoms with van der Waals surface area (Å²) in [6, 6.07) is 9.41. The normalized spacial score (nSPS) is 18.5. The number of rotatable bonds is 9. The average molecular weight is 558 g/mol. The fourth-order valence-corrected chi connectivity index (χ4v) is 4.63. The summed E-state index contributed by atoms with van der Waals surface area (Å²) in [4.78, 5) is 23.2. The summed E-state index contributed by atoms with van der Waals surface area (Å²) in [5.41, 5.74) is 1.57. The minimum Gasteiger partial charge on any atom is -0.476 e. The molecule has 0 unspecified atom stereocenters. The quantitative estimate of drug-likeness (QED) is 0.255. The molecular weight excluding hydrogens is 523 g/mol. The lowest BCUT2D eigenvalue weighted by atomic mass is 10.00. The molecule has 0 spiro atoms. The van der Waals surface area contributed by atoms with E-state index >= 15 is 0 Å². The van der Waals surface area contributed by atoms with Crippen LogP contribution >= 0.6 is 0 Å². The van der Waals surface area contributed by atoms with Crippen molar-refractivity contribution in [3.63, 3.8) is 0 Å². The van der Waals surface area contributed by atoms with Crippen LogP contribution in [0.15, 0.2) is 58.7 Å². The second kappa shape index (κ2) is 13.1. The Hall–Kier alpha value is -3.70. The van der Waals surface area contributed by atoms with Gasteiger partial charge in [0, 0.05) is 30.9 Å². The maximum atomic E-state index is 13.2. The molecule has 2 fully saturated rings. The third-order valence-electron chi connectivity index (χ3n) is 6.86. The number of allylic oxidation sites excluding steroid dienone is 3. The molecule has 11 heteroatoms. The van der Waals surface area contributed by atoms with Gasteiger partial charge in [-0.25, -0.2) is 0 Å². The van der Waals surface area contributed by atoms with Crippen LogP contribution in [0.2, 0.25) is 0 Å². The second-order valence-corrected chi connectivity index (χ2v) is 9.67. The van der Waals surface area contributed by atoms with Crippen LogP contribution in [0.3, 0.4) is 0 Å². The molecule has 2 aliphatic rings. The van der Waals surface area contributed by atoms with Crippen molar-refractivity contribution in [3.05, 3.63) is 59.3 Å². The summed E-state index contributed by atoms with van der Waals surface area (Å²) in [6.45, 7) is 10.5. The van der Waals surface area contributed by atoms with Crippen molar-refractivity contribution in [1.29, 1.82) is 0 Å². The minimum absolute atomic E-state index is 0.277. The van der Waals surface area contributed by atoms with E-state index in [1.54, 1.807) is 12.1 Å². The van der Waals surface area contributed by atoms with Crippen molar-refractivity contribution in [2.75, 3.05) is 49.7 Å². The van der Waals surface area contributed by atoms with Crippen molar-refractivity contribution >= 4 is 24.1 Å². The molecule has 214 valence electrons. The second-order valence-electron chi connectivity index (χ2n) is 9.67. The smallest absolute Gasteiger partial charge is 0.416 e. The Morgan fingerprint density at radius 2 is 2.08 bits per heavy atom. The molecule has 4 rings (SSSR count). The molecule has 2 saturated heterocycles. The number of carbonyl (C=O) groups is 1. The maximum Gasteiger partial charge on any atom is 0.416 e. The standard InChI is InChI=1S/C29H34F3N5O3/c1-4-21(29(30,31)32)16-25(33-3)28(38)35-22-8-7-19(2)24(17-22)20-14-26(37-10-12-39-13-11-37)36-27(15-20)40-18-23-6-5-9-34-23/h4,7-8,14-17,23,34H,3,5-6,9-13,18H2,1-2H3,(H,35,38)/b21-4+,25-16-/t23-/m1/s1. The van der Waals surface area contributed by atoms with Gasteiger partial charge in [0.2, 0.25) is 5.88 Å². The first-order valence-corrected chi connectivity index (χ1v) is 13.2. The highest BCUT2D eigenvalue weighted by atomic mass is 19.4. The van der Waals surface area contributed by atoms with E-state index in [0.717, 1.165) is 48.0 Å². The number of halogens is 3. The number of amides is 1. The molecule has 0 saturated carbocycles. The number of carbonyl (C=O) groups excluding carboxylic acids is 1. The van der Waals surface area contributed by atoms with Crippen LogP contribution < -0.4 is 20.3 Å². The minimum atomic E-state index is -4.62. The topological polar surface area (TPSA) is 88.1 Å². The molecule has 1 aromatic carbocycles. The summed E-state index contributed by atoms with van der Waals surface area (Å²) < 4.78 is 51.2. The molecule has 1 amide bonds. The molecule has 2 aliphatic heterocycles. The molecule has 1 atom stereocenters. The third kappa shape index (κ3) is 7.48. The highest BCUT2D eigenvalue weighted by molar-refractivity contribution is 6.04. The molecule has 40 heavy (non-hydrogen) atoms. The van der Waals surface area contributed by atoms with Gasteiger partial charge in [0.25, 0.3) is 5.91 Å². The number of nitrogens with zero attached hydrogens (tertiary/aromatic N) is 3. The number of anilines is 2. The zero-order valence-electron chi connectivity index (χ0n) is 22.7. The number of benzene rings is 1. The number of nitrogens with one attached hydrogen (secondary N) is 2. The largest absolute Gasteiger partial charge is 0.476 e. The number of morpholine rings is 1. The van der Waals surface area contributed by atoms with Crippen molar-refractivity contribution in [2.24, 2.45) is 4.99 Å². The van der Waals surface area contributed by atoms with E-state index in [1.807, 2.05) is 25.1 Å². The summed E-state index contributed by atoms with van der Waals surface area (Å²) >= 11 is 0. The van der Waals surface area contributed by atoms with Crippen LogP contribution in [0.4, 0.5) is 24.7 Å². The van der Waals surface area contributed by atoms with Crippen molar-refractivity contribution in [3.8, 4) is 17.0 Å². The van der Waals surface area contributed by atoms with E-state index in [-0.39, 0.29) is 6.04 Å². The van der Waals surface area contributed by atoms with E-state index in [1.165, 1.54) is 6.92 Å². The fraction of sp³-hybridized carbons (Fsp3) is 0.414. The highest BCUT2D eigenvalue weighted by Gasteiger charge is 2.32. The first-order valence-electron chi connectivity index (χ1n) is 13.2. The third-order valence-corrected chi connectivity index (χ3v) is 6.86. The number of aliphatic imine (C=N–C) groups is 1. The number of aryl methyl sites for hydroxylation is 1. The van der Waals surface area contributed by atoms with E-state index in [2.05, 4.69) is 27.2 Å². The first kappa shape index (κ1) is 29.3. The SMILES string of the molecule is C=N/C(=C\C(=C/C)C(F)(F)F)C(=O)Nc1ccc(C)c(-c2cc(OC[C@H]3CCCN3)nc(N3CCOCC3)c2)c1. The Morgan fingerprint density at radius 1 is 1.30 bits per heavy atom. The van der Waals surface area contributed by atoms with Crippen molar-refractivity contribution in [2.45, 2.75) is 38.9 Å². The molecule has 8 nitrogen and oxygen atoms in total. The van der Waals surface area contributed by atoms with E-state index in [0.29, 0.717) is 50.6 Å². The van der Waals surface area contributed by atoms with Crippen molar-refractivity contribution < 1.29 is 27.4 Å². The lowest BCUT2D eigenvalue weighted by Crippen LogP contribution is -2.36. The number of aromatic nitrogens is 1.